The van der Waals surface area contributed by atoms with Crippen LogP contribution in [0.25, 0.3) is 0 Å². The maximum Gasteiger partial charge on any atom is 0.272 e. The topological polar surface area (TPSA) is 93.5 Å². The first-order valence-corrected chi connectivity index (χ1v) is 10.2. The van der Waals surface area contributed by atoms with Gasteiger partial charge in [-0.2, -0.15) is 5.10 Å². The Morgan fingerprint density at radius 2 is 2.10 bits per heavy atom. The molecule has 2 heterocycles. The van der Waals surface area contributed by atoms with Crippen molar-refractivity contribution in [1.29, 1.82) is 0 Å². The lowest BCUT2D eigenvalue weighted by molar-refractivity contribution is -0.133. The molecule has 30 heavy (non-hydrogen) atoms. The Kier molecular flexibility index (Phi) is 5.67. The maximum absolute atomic E-state index is 13.3. The van der Waals surface area contributed by atoms with Gasteiger partial charge in [0, 0.05) is 70.1 Å². The number of fused-ring (bicyclic) bond motifs is 2. The molecular formula is C22H26N4O4. The van der Waals surface area contributed by atoms with Crippen LogP contribution in [0.2, 0.25) is 0 Å². The van der Waals surface area contributed by atoms with Gasteiger partial charge in [0.05, 0.1) is 5.92 Å². The highest BCUT2D eigenvalue weighted by molar-refractivity contribution is 6.06. The molecule has 0 saturated heterocycles. The molecule has 0 bridgehead atoms. The number of ether oxygens (including phenoxy) is 1. The summed E-state index contributed by atoms with van der Waals surface area (Å²) >= 11 is 0. The number of Topliss-reactive ketones (excluding diaryl/α,β-unsaturated/α-hetero) is 1. The van der Waals surface area contributed by atoms with Gasteiger partial charge < -0.3 is 15.0 Å². The van der Waals surface area contributed by atoms with E-state index in [1.54, 1.807) is 22.8 Å². The number of carbonyl (C=O) groups excluding carboxylic acids is 3. The summed E-state index contributed by atoms with van der Waals surface area (Å²) in [6.45, 7) is 1.95. The number of amides is 2. The van der Waals surface area contributed by atoms with Gasteiger partial charge in [0.1, 0.15) is 0 Å². The van der Waals surface area contributed by atoms with Gasteiger partial charge in [0.15, 0.2) is 11.5 Å². The van der Waals surface area contributed by atoms with Crippen molar-refractivity contribution in [1.82, 2.24) is 20.0 Å². The summed E-state index contributed by atoms with van der Waals surface area (Å²) in [4.78, 5) is 40.0. The highest BCUT2D eigenvalue weighted by Gasteiger charge is 2.38. The van der Waals surface area contributed by atoms with E-state index in [0.29, 0.717) is 43.9 Å². The fourth-order valence-corrected chi connectivity index (χ4v) is 4.37. The summed E-state index contributed by atoms with van der Waals surface area (Å²) in [5.74, 6) is -0.731. The van der Waals surface area contributed by atoms with Crippen LogP contribution in [0.1, 0.15) is 56.4 Å². The van der Waals surface area contributed by atoms with Crippen LogP contribution in [0.15, 0.2) is 24.3 Å². The minimum atomic E-state index is -0.446. The molecule has 1 aromatic heterocycles. The number of methoxy groups -OCH3 is 1. The molecule has 8 nitrogen and oxygen atoms in total. The summed E-state index contributed by atoms with van der Waals surface area (Å²) in [6, 6.07) is 7.33. The summed E-state index contributed by atoms with van der Waals surface area (Å²) in [6.07, 6.45) is 1.56. The molecule has 1 aliphatic carbocycles. The van der Waals surface area contributed by atoms with E-state index >= 15 is 0 Å². The number of rotatable bonds is 6. The van der Waals surface area contributed by atoms with Crippen LogP contribution in [0.4, 0.5) is 0 Å². The van der Waals surface area contributed by atoms with Crippen molar-refractivity contribution in [2.75, 3.05) is 26.8 Å². The quantitative estimate of drug-likeness (QED) is 0.728. The third-order valence-electron chi connectivity index (χ3n) is 5.90. The minimum Gasteiger partial charge on any atom is -0.385 e. The summed E-state index contributed by atoms with van der Waals surface area (Å²) < 4.78 is 6.74. The Hall–Kier alpha value is -3.00. The molecule has 158 valence electrons. The van der Waals surface area contributed by atoms with E-state index in [1.807, 2.05) is 25.2 Å². The normalized spacial score (nSPS) is 17.6. The molecule has 2 aliphatic rings. The molecule has 4 rings (SSSR count). The van der Waals surface area contributed by atoms with Crippen molar-refractivity contribution >= 4 is 17.6 Å². The lowest BCUT2D eigenvalue weighted by Crippen LogP contribution is -2.39. The van der Waals surface area contributed by atoms with E-state index < -0.39 is 5.92 Å². The van der Waals surface area contributed by atoms with E-state index in [1.165, 1.54) is 0 Å². The van der Waals surface area contributed by atoms with Crippen LogP contribution in [0, 0.1) is 0 Å². The first kappa shape index (κ1) is 20.3. The third-order valence-corrected chi connectivity index (χ3v) is 5.90. The molecular weight excluding hydrogens is 384 g/mol. The Bertz CT molecular complexity index is 997. The number of ketones is 1. The summed E-state index contributed by atoms with van der Waals surface area (Å²) in [7, 11) is 3.45. The number of aromatic nitrogens is 2. The molecule has 2 aromatic rings. The Morgan fingerprint density at radius 3 is 2.90 bits per heavy atom. The van der Waals surface area contributed by atoms with Gasteiger partial charge >= 0.3 is 0 Å². The van der Waals surface area contributed by atoms with Crippen molar-refractivity contribution < 1.29 is 19.1 Å². The van der Waals surface area contributed by atoms with Crippen LogP contribution in [0.3, 0.4) is 0 Å². The zero-order valence-corrected chi connectivity index (χ0v) is 17.3. The Balaban J connectivity index is 1.51. The van der Waals surface area contributed by atoms with Crippen molar-refractivity contribution in [2.45, 2.75) is 31.7 Å². The smallest absolute Gasteiger partial charge is 0.272 e. The molecule has 8 heteroatoms. The van der Waals surface area contributed by atoms with Gasteiger partial charge in [0.2, 0.25) is 5.91 Å². The fraction of sp³-hybridized carbons (Fsp3) is 0.455. The molecule has 2 amide bonds. The standard InChI is InChI=1S/C22H26N4O4/c1-25-18-8-10-26(13-17(18)20(24-25)21(28)23-9-5-11-30-2)22(29)16-12-19(27)15-7-4-3-6-14(15)16/h3-4,6-7,16H,5,8-13H2,1-2H3,(H,23,28). The number of benzene rings is 1. The average molecular weight is 410 g/mol. The van der Waals surface area contributed by atoms with Crippen molar-refractivity contribution in [3.05, 3.63) is 52.3 Å². The van der Waals surface area contributed by atoms with E-state index in [2.05, 4.69) is 10.4 Å². The first-order valence-electron chi connectivity index (χ1n) is 10.2. The van der Waals surface area contributed by atoms with Crippen LogP contribution < -0.4 is 5.32 Å². The largest absolute Gasteiger partial charge is 0.385 e. The maximum atomic E-state index is 13.3. The molecule has 0 radical (unpaired) electrons. The second-order valence-corrected chi connectivity index (χ2v) is 7.78. The number of nitrogens with one attached hydrogen (secondary N) is 1. The zero-order chi connectivity index (χ0) is 21.3. The third kappa shape index (κ3) is 3.63. The van der Waals surface area contributed by atoms with Crippen LogP contribution >= 0.6 is 0 Å². The number of hydrogen-bond donors (Lipinski definition) is 1. The monoisotopic (exact) mass is 410 g/mol. The van der Waals surface area contributed by atoms with Crippen LogP contribution in [-0.4, -0.2) is 59.1 Å². The molecule has 1 atom stereocenters. The lowest BCUT2D eigenvalue weighted by Gasteiger charge is -2.30. The van der Waals surface area contributed by atoms with E-state index in [-0.39, 0.29) is 24.0 Å². The van der Waals surface area contributed by atoms with Gasteiger partial charge in [-0.3, -0.25) is 19.1 Å². The van der Waals surface area contributed by atoms with E-state index in [4.69, 9.17) is 4.74 Å². The summed E-state index contributed by atoms with van der Waals surface area (Å²) in [5, 5.41) is 7.28. The molecule has 1 unspecified atom stereocenters. The van der Waals surface area contributed by atoms with Crippen molar-refractivity contribution in [3.63, 3.8) is 0 Å². The molecule has 1 aromatic carbocycles. The molecule has 1 aliphatic heterocycles. The van der Waals surface area contributed by atoms with E-state index in [0.717, 1.165) is 23.2 Å². The van der Waals surface area contributed by atoms with Gasteiger partial charge in [-0.1, -0.05) is 24.3 Å². The number of carbonyl (C=O) groups is 3. The van der Waals surface area contributed by atoms with Crippen LogP contribution in [-0.2, 0) is 29.5 Å². The SMILES string of the molecule is COCCCNC(=O)c1nn(C)c2c1CN(C(=O)C1CC(=O)c3ccccc31)CC2. The second kappa shape index (κ2) is 8.39. The number of nitrogens with zero attached hydrogens (tertiary/aromatic N) is 3. The Morgan fingerprint density at radius 1 is 1.30 bits per heavy atom. The van der Waals surface area contributed by atoms with Gasteiger partial charge in [-0.15, -0.1) is 0 Å². The van der Waals surface area contributed by atoms with Gasteiger partial charge in [0.25, 0.3) is 5.91 Å². The predicted octanol–water partition coefficient (Wildman–Crippen LogP) is 1.44. The lowest BCUT2D eigenvalue weighted by atomic mass is 9.97. The Labute approximate surface area is 175 Å². The average Bonchev–Trinajstić information content (AvgIpc) is 3.28. The second-order valence-electron chi connectivity index (χ2n) is 7.78. The van der Waals surface area contributed by atoms with Crippen molar-refractivity contribution in [3.8, 4) is 0 Å². The van der Waals surface area contributed by atoms with Crippen molar-refractivity contribution in [2.24, 2.45) is 7.05 Å². The van der Waals surface area contributed by atoms with Gasteiger partial charge in [-0.25, -0.2) is 0 Å². The van der Waals surface area contributed by atoms with Crippen LogP contribution in [0.5, 0.6) is 0 Å². The zero-order valence-electron chi connectivity index (χ0n) is 17.3. The molecule has 0 saturated carbocycles. The number of aryl methyl sites for hydroxylation is 1. The first-order chi connectivity index (χ1) is 14.5. The molecule has 1 N–H and O–H groups in total. The fourth-order valence-electron chi connectivity index (χ4n) is 4.37. The minimum absolute atomic E-state index is 0.0131. The number of hydrogen-bond acceptors (Lipinski definition) is 5. The predicted molar refractivity (Wildman–Crippen MR) is 109 cm³/mol. The summed E-state index contributed by atoms with van der Waals surface area (Å²) in [5.41, 5.74) is 3.58. The highest BCUT2D eigenvalue weighted by atomic mass is 16.5. The van der Waals surface area contributed by atoms with E-state index in [9.17, 15) is 14.4 Å². The molecule has 0 fully saturated rings. The molecule has 0 spiro atoms. The van der Waals surface area contributed by atoms with Gasteiger partial charge in [-0.05, 0) is 12.0 Å². The highest BCUT2D eigenvalue weighted by Crippen LogP contribution is 2.35.